The fourth-order valence-corrected chi connectivity index (χ4v) is 2.85. The van der Waals surface area contributed by atoms with Crippen LogP contribution in [-0.4, -0.2) is 21.9 Å². The molecule has 2 aromatic rings. The van der Waals surface area contributed by atoms with Gasteiger partial charge in [0.2, 0.25) is 11.6 Å². The molecular formula is C16H13N5O3. The van der Waals surface area contributed by atoms with E-state index in [9.17, 15) is 14.9 Å². The summed E-state index contributed by atoms with van der Waals surface area (Å²) in [6, 6.07) is 11.4. The minimum Gasteiger partial charge on any atom is -0.368 e. The molecule has 0 saturated heterocycles. The second kappa shape index (κ2) is 5.96. The van der Waals surface area contributed by atoms with E-state index in [1.165, 1.54) is 12.1 Å². The van der Waals surface area contributed by atoms with Gasteiger partial charge in [-0.15, -0.1) is 0 Å². The summed E-state index contributed by atoms with van der Waals surface area (Å²) in [7, 11) is 0. The first-order chi connectivity index (χ1) is 11.5. The van der Waals surface area contributed by atoms with Crippen LogP contribution in [0.25, 0.3) is 0 Å². The van der Waals surface area contributed by atoms with Gasteiger partial charge in [-0.2, -0.15) is 5.26 Å². The number of amides is 1. The van der Waals surface area contributed by atoms with E-state index < -0.39 is 16.9 Å². The maximum Gasteiger partial charge on any atom is 0.305 e. The quantitative estimate of drug-likeness (QED) is 0.669. The van der Waals surface area contributed by atoms with Gasteiger partial charge in [0, 0.05) is 19.0 Å². The normalized spacial score (nSPS) is 16.1. The number of carbonyl (C=O) groups is 1. The number of nitriles is 1. The number of anilines is 1. The van der Waals surface area contributed by atoms with Gasteiger partial charge in [0.15, 0.2) is 0 Å². The average molecular weight is 323 g/mol. The Labute approximate surface area is 137 Å². The number of hydrogen-bond acceptors (Lipinski definition) is 6. The van der Waals surface area contributed by atoms with E-state index in [4.69, 9.17) is 11.0 Å². The third-order valence-electron chi connectivity index (χ3n) is 4.03. The second-order valence-corrected chi connectivity index (χ2v) is 5.42. The molecule has 0 saturated carbocycles. The van der Waals surface area contributed by atoms with Crippen molar-refractivity contribution in [2.45, 2.75) is 19.0 Å². The fourth-order valence-electron chi connectivity index (χ4n) is 2.85. The summed E-state index contributed by atoms with van der Waals surface area (Å²) in [6.45, 7) is 0.388. The number of hydrogen-bond donors (Lipinski definition) is 1. The molecule has 24 heavy (non-hydrogen) atoms. The van der Waals surface area contributed by atoms with Crippen LogP contribution in [0.3, 0.4) is 0 Å². The molecule has 0 unspecified atom stereocenters. The lowest BCUT2D eigenvalue weighted by atomic mass is 9.93. The first kappa shape index (κ1) is 15.4. The SMILES string of the molecule is N#Cc1nc(N2Cc3ccccc3C[C@H]2C(N)=O)ccc1[N+](=O)[O-]. The number of nitro groups is 1. The molecule has 1 aromatic carbocycles. The topological polar surface area (TPSA) is 126 Å². The van der Waals surface area contributed by atoms with Gasteiger partial charge in [-0.25, -0.2) is 4.98 Å². The van der Waals surface area contributed by atoms with E-state index in [-0.39, 0.29) is 11.4 Å². The maximum absolute atomic E-state index is 11.9. The summed E-state index contributed by atoms with van der Waals surface area (Å²) in [6.07, 6.45) is 0.423. The number of pyridine rings is 1. The zero-order valence-corrected chi connectivity index (χ0v) is 12.5. The van der Waals surface area contributed by atoms with Crippen molar-refractivity contribution in [1.82, 2.24) is 4.98 Å². The molecular weight excluding hydrogens is 310 g/mol. The zero-order chi connectivity index (χ0) is 17.3. The fraction of sp³-hybridized carbons (Fsp3) is 0.188. The molecule has 0 aliphatic carbocycles. The lowest BCUT2D eigenvalue weighted by molar-refractivity contribution is -0.385. The first-order valence-electron chi connectivity index (χ1n) is 7.19. The van der Waals surface area contributed by atoms with E-state index in [0.29, 0.717) is 18.8 Å². The number of nitrogens with zero attached hydrogens (tertiary/aromatic N) is 4. The Kier molecular flexibility index (Phi) is 3.83. The van der Waals surface area contributed by atoms with Crippen LogP contribution in [0.2, 0.25) is 0 Å². The Morgan fingerprint density at radius 1 is 1.33 bits per heavy atom. The molecule has 8 heteroatoms. The Morgan fingerprint density at radius 2 is 2.04 bits per heavy atom. The molecule has 0 fully saturated rings. The second-order valence-electron chi connectivity index (χ2n) is 5.42. The zero-order valence-electron chi connectivity index (χ0n) is 12.5. The minimum absolute atomic E-state index is 0.292. The smallest absolute Gasteiger partial charge is 0.305 e. The Hall–Kier alpha value is -3.47. The molecule has 1 aliphatic heterocycles. The monoisotopic (exact) mass is 323 g/mol. The lowest BCUT2D eigenvalue weighted by Crippen LogP contribution is -2.49. The molecule has 2 N–H and O–H groups in total. The minimum atomic E-state index is -0.660. The van der Waals surface area contributed by atoms with Gasteiger partial charge in [0.1, 0.15) is 17.9 Å². The van der Waals surface area contributed by atoms with Crippen LogP contribution in [-0.2, 0) is 17.8 Å². The standard InChI is InChI=1S/C16H13N5O3/c17-8-12-13(21(23)24)5-6-15(19-12)20-9-11-4-2-1-3-10(11)7-14(20)16(18)22/h1-6,14H,7,9H2,(H2,18,22)/t14-/m0/s1. The molecule has 0 spiro atoms. The molecule has 120 valence electrons. The van der Waals surface area contributed by atoms with Gasteiger partial charge in [-0.05, 0) is 17.2 Å². The summed E-state index contributed by atoms with van der Waals surface area (Å²) in [5.41, 5.74) is 6.91. The molecule has 0 bridgehead atoms. The third kappa shape index (κ3) is 2.63. The number of fused-ring (bicyclic) bond motifs is 1. The highest BCUT2D eigenvalue weighted by Crippen LogP contribution is 2.29. The van der Waals surface area contributed by atoms with E-state index in [0.717, 1.165) is 11.1 Å². The highest BCUT2D eigenvalue weighted by atomic mass is 16.6. The molecule has 8 nitrogen and oxygen atoms in total. The van der Waals surface area contributed by atoms with Gasteiger partial charge in [0.25, 0.3) is 0 Å². The van der Waals surface area contributed by atoms with Crippen molar-refractivity contribution >= 4 is 17.4 Å². The van der Waals surface area contributed by atoms with Gasteiger partial charge < -0.3 is 10.6 Å². The lowest BCUT2D eigenvalue weighted by Gasteiger charge is -2.35. The molecule has 3 rings (SSSR count). The van der Waals surface area contributed by atoms with Crippen LogP contribution in [0.5, 0.6) is 0 Å². The molecule has 1 amide bonds. The van der Waals surface area contributed by atoms with Crippen LogP contribution >= 0.6 is 0 Å². The van der Waals surface area contributed by atoms with Gasteiger partial charge in [0.05, 0.1) is 4.92 Å². The highest BCUT2D eigenvalue weighted by molar-refractivity contribution is 5.84. The number of primary amides is 1. The molecule has 0 radical (unpaired) electrons. The van der Waals surface area contributed by atoms with E-state index in [2.05, 4.69) is 4.98 Å². The van der Waals surface area contributed by atoms with Crippen LogP contribution < -0.4 is 10.6 Å². The largest absolute Gasteiger partial charge is 0.368 e. The highest BCUT2D eigenvalue weighted by Gasteiger charge is 2.31. The van der Waals surface area contributed by atoms with Crippen molar-refractivity contribution in [2.75, 3.05) is 4.90 Å². The van der Waals surface area contributed by atoms with Crippen molar-refractivity contribution in [3.63, 3.8) is 0 Å². The van der Waals surface area contributed by atoms with Gasteiger partial charge in [-0.3, -0.25) is 14.9 Å². The predicted molar refractivity (Wildman–Crippen MR) is 84.9 cm³/mol. The molecule has 1 atom stereocenters. The molecule has 1 aromatic heterocycles. The van der Waals surface area contributed by atoms with E-state index in [1.54, 1.807) is 11.0 Å². The number of rotatable bonds is 3. The van der Waals surface area contributed by atoms with Crippen LogP contribution in [0.1, 0.15) is 16.8 Å². The van der Waals surface area contributed by atoms with Crippen molar-refractivity contribution < 1.29 is 9.72 Å². The number of aromatic nitrogens is 1. The number of benzene rings is 1. The van der Waals surface area contributed by atoms with Gasteiger partial charge in [-0.1, -0.05) is 24.3 Å². The molecule has 1 aliphatic rings. The van der Waals surface area contributed by atoms with Crippen molar-refractivity contribution in [1.29, 1.82) is 5.26 Å². The van der Waals surface area contributed by atoms with E-state index >= 15 is 0 Å². The first-order valence-corrected chi connectivity index (χ1v) is 7.19. The Morgan fingerprint density at radius 3 is 2.67 bits per heavy atom. The van der Waals surface area contributed by atoms with Crippen LogP contribution in [0, 0.1) is 21.4 Å². The van der Waals surface area contributed by atoms with Crippen molar-refractivity contribution in [3.05, 3.63) is 63.3 Å². The summed E-state index contributed by atoms with van der Waals surface area (Å²) in [5.74, 6) is -0.196. The molecule has 2 heterocycles. The van der Waals surface area contributed by atoms with Crippen LogP contribution in [0.15, 0.2) is 36.4 Å². The maximum atomic E-state index is 11.9. The Bertz CT molecular complexity index is 874. The van der Waals surface area contributed by atoms with Gasteiger partial charge >= 0.3 is 5.69 Å². The van der Waals surface area contributed by atoms with E-state index in [1.807, 2.05) is 24.3 Å². The van der Waals surface area contributed by atoms with Crippen molar-refractivity contribution in [3.8, 4) is 6.07 Å². The average Bonchev–Trinajstić information content (AvgIpc) is 2.59. The summed E-state index contributed by atoms with van der Waals surface area (Å²) in [5, 5.41) is 20.0. The summed E-state index contributed by atoms with van der Waals surface area (Å²) >= 11 is 0. The predicted octanol–water partition coefficient (Wildman–Crippen LogP) is 1.28. The van der Waals surface area contributed by atoms with Crippen molar-refractivity contribution in [2.24, 2.45) is 5.73 Å². The third-order valence-corrected chi connectivity index (χ3v) is 4.03. The summed E-state index contributed by atoms with van der Waals surface area (Å²) < 4.78 is 0. The number of carbonyl (C=O) groups excluding carboxylic acids is 1. The summed E-state index contributed by atoms with van der Waals surface area (Å²) in [4.78, 5) is 27.9. The Balaban J connectivity index is 2.05. The number of nitrogens with two attached hydrogens (primary N) is 1. The van der Waals surface area contributed by atoms with Crippen LogP contribution in [0.4, 0.5) is 11.5 Å².